The number of hydrogen-bond donors (Lipinski definition) is 4. The summed E-state index contributed by atoms with van der Waals surface area (Å²) in [5.41, 5.74) is 13.1. The predicted octanol–water partition coefficient (Wildman–Crippen LogP) is 2.72. The van der Waals surface area contributed by atoms with Gasteiger partial charge in [-0.3, -0.25) is 0 Å². The second-order valence-corrected chi connectivity index (χ2v) is 7.88. The molecule has 0 amide bonds. The van der Waals surface area contributed by atoms with Gasteiger partial charge in [0.05, 0.1) is 32.6 Å². The van der Waals surface area contributed by atoms with Crippen molar-refractivity contribution < 1.29 is 10.2 Å². The van der Waals surface area contributed by atoms with Gasteiger partial charge < -0.3 is 21.7 Å². The molecule has 0 saturated heterocycles. The minimum atomic E-state index is -0.891. The number of hydrogen-bond acceptors (Lipinski definition) is 6. The molecule has 2 aromatic rings. The molecule has 2 aliphatic rings. The molecule has 2 saturated carbocycles. The molecular weight excluding hydrogens is 310 g/mol. The molecule has 6 heteroatoms. The number of nitrogens with zero attached hydrogens (tertiary/aromatic N) is 1. The highest BCUT2D eigenvalue weighted by molar-refractivity contribution is 7.19. The second-order valence-electron chi connectivity index (χ2n) is 6.79. The Morgan fingerprint density at radius 1 is 1.00 bits per heavy atom. The molecule has 2 aromatic heterocycles. The monoisotopic (exact) mass is 331 g/mol. The van der Waals surface area contributed by atoms with Gasteiger partial charge in [0.15, 0.2) is 0 Å². The van der Waals surface area contributed by atoms with Gasteiger partial charge in [0.25, 0.3) is 0 Å². The quantitative estimate of drug-likeness (QED) is 0.692. The van der Waals surface area contributed by atoms with Crippen molar-refractivity contribution in [1.29, 1.82) is 0 Å². The van der Waals surface area contributed by atoms with E-state index in [1.807, 2.05) is 12.1 Å². The van der Waals surface area contributed by atoms with Crippen molar-refractivity contribution in [2.75, 3.05) is 11.5 Å². The molecule has 5 nitrogen and oxygen atoms in total. The van der Waals surface area contributed by atoms with Crippen LogP contribution < -0.4 is 11.5 Å². The molecule has 6 N–H and O–H groups in total. The highest BCUT2D eigenvalue weighted by Crippen LogP contribution is 2.48. The summed E-state index contributed by atoms with van der Waals surface area (Å²) in [6.45, 7) is 0. The van der Waals surface area contributed by atoms with Crippen LogP contribution in [-0.4, -0.2) is 15.2 Å². The fourth-order valence-corrected chi connectivity index (χ4v) is 4.40. The molecule has 0 bridgehead atoms. The molecule has 122 valence electrons. The SMILES string of the molecule is Nc1ccc(-c2cc(C3(O)CCC3)c(N)s2)nc1C1(O)CCC1. The van der Waals surface area contributed by atoms with E-state index in [9.17, 15) is 10.2 Å². The Morgan fingerprint density at radius 3 is 2.22 bits per heavy atom. The van der Waals surface area contributed by atoms with E-state index in [0.29, 0.717) is 29.2 Å². The van der Waals surface area contributed by atoms with E-state index >= 15 is 0 Å². The summed E-state index contributed by atoms with van der Waals surface area (Å²) in [4.78, 5) is 5.52. The molecule has 0 aromatic carbocycles. The maximum atomic E-state index is 10.6. The maximum absolute atomic E-state index is 10.6. The number of rotatable bonds is 3. The molecule has 2 heterocycles. The zero-order valence-corrected chi connectivity index (χ0v) is 13.7. The third kappa shape index (κ3) is 2.24. The smallest absolute Gasteiger partial charge is 0.109 e. The van der Waals surface area contributed by atoms with E-state index in [2.05, 4.69) is 4.98 Å². The van der Waals surface area contributed by atoms with Crippen molar-refractivity contribution in [3.63, 3.8) is 0 Å². The van der Waals surface area contributed by atoms with Crippen LogP contribution >= 0.6 is 11.3 Å². The molecular formula is C17H21N3O2S. The molecule has 0 unspecified atom stereocenters. The lowest BCUT2D eigenvalue weighted by Gasteiger charge is -2.37. The lowest BCUT2D eigenvalue weighted by atomic mass is 9.75. The summed E-state index contributed by atoms with van der Waals surface area (Å²) in [6.07, 6.45) is 4.93. The minimum absolute atomic E-state index is 0.526. The number of pyridine rings is 1. The van der Waals surface area contributed by atoms with Gasteiger partial charge in [-0.05, 0) is 56.7 Å². The van der Waals surface area contributed by atoms with E-state index in [0.717, 1.165) is 41.8 Å². The lowest BCUT2D eigenvalue weighted by Crippen LogP contribution is -2.35. The fraction of sp³-hybridized carbons (Fsp3) is 0.471. The van der Waals surface area contributed by atoms with Gasteiger partial charge in [-0.2, -0.15) is 0 Å². The van der Waals surface area contributed by atoms with Crippen LogP contribution in [0, 0.1) is 0 Å². The number of thiophene rings is 1. The van der Waals surface area contributed by atoms with E-state index in [-0.39, 0.29) is 0 Å². The Balaban J connectivity index is 1.74. The molecule has 2 fully saturated rings. The van der Waals surface area contributed by atoms with Crippen molar-refractivity contribution in [3.8, 4) is 10.6 Å². The van der Waals surface area contributed by atoms with Crippen molar-refractivity contribution in [2.45, 2.75) is 49.7 Å². The average Bonchev–Trinajstić information content (AvgIpc) is 2.85. The Kier molecular flexibility index (Phi) is 3.20. The average molecular weight is 331 g/mol. The molecule has 0 radical (unpaired) electrons. The number of nitrogen functional groups attached to an aromatic ring is 2. The third-order valence-electron chi connectivity index (χ3n) is 5.24. The lowest BCUT2D eigenvalue weighted by molar-refractivity contribution is -0.0418. The molecule has 2 aliphatic carbocycles. The summed E-state index contributed by atoms with van der Waals surface area (Å²) in [7, 11) is 0. The summed E-state index contributed by atoms with van der Waals surface area (Å²) < 4.78 is 0. The molecule has 23 heavy (non-hydrogen) atoms. The van der Waals surface area contributed by atoms with Gasteiger partial charge in [-0.1, -0.05) is 0 Å². The fourth-order valence-electron chi connectivity index (χ4n) is 3.40. The van der Waals surface area contributed by atoms with Crippen molar-refractivity contribution in [2.24, 2.45) is 0 Å². The predicted molar refractivity (Wildman–Crippen MR) is 91.9 cm³/mol. The summed E-state index contributed by atoms with van der Waals surface area (Å²) in [5.74, 6) is 0. The normalized spacial score (nSPS) is 21.5. The van der Waals surface area contributed by atoms with Crippen LogP contribution in [0.15, 0.2) is 18.2 Å². The summed E-state index contributed by atoms with van der Waals surface area (Å²) >= 11 is 1.43. The zero-order valence-electron chi connectivity index (χ0n) is 12.9. The number of nitrogens with two attached hydrogens (primary N) is 2. The van der Waals surface area contributed by atoms with Crippen molar-refractivity contribution >= 4 is 22.0 Å². The number of aromatic nitrogens is 1. The summed E-state index contributed by atoms with van der Waals surface area (Å²) in [5, 5.41) is 21.8. The van der Waals surface area contributed by atoms with Crippen LogP contribution in [-0.2, 0) is 11.2 Å². The molecule has 4 rings (SSSR count). The van der Waals surface area contributed by atoms with Crippen LogP contribution in [0.1, 0.15) is 49.8 Å². The highest BCUT2D eigenvalue weighted by Gasteiger charge is 2.40. The second kappa shape index (κ2) is 4.93. The first-order chi connectivity index (χ1) is 10.9. The number of aliphatic hydroxyl groups is 2. The van der Waals surface area contributed by atoms with Gasteiger partial charge in [-0.15, -0.1) is 11.3 Å². The Bertz CT molecular complexity index is 763. The Labute approximate surface area is 139 Å². The van der Waals surface area contributed by atoms with Crippen LogP contribution in [0.4, 0.5) is 10.7 Å². The first kappa shape index (κ1) is 14.9. The van der Waals surface area contributed by atoms with Crippen LogP contribution in [0.2, 0.25) is 0 Å². The van der Waals surface area contributed by atoms with Gasteiger partial charge in [0.2, 0.25) is 0 Å². The van der Waals surface area contributed by atoms with Crippen LogP contribution in [0.5, 0.6) is 0 Å². The topological polar surface area (TPSA) is 105 Å². The van der Waals surface area contributed by atoms with Gasteiger partial charge in [-0.25, -0.2) is 4.98 Å². The van der Waals surface area contributed by atoms with E-state index < -0.39 is 11.2 Å². The highest BCUT2D eigenvalue weighted by atomic mass is 32.1. The third-order valence-corrected chi connectivity index (χ3v) is 6.23. The van der Waals surface area contributed by atoms with Crippen molar-refractivity contribution in [1.82, 2.24) is 4.98 Å². The van der Waals surface area contributed by atoms with Gasteiger partial charge >= 0.3 is 0 Å². The van der Waals surface area contributed by atoms with E-state index in [4.69, 9.17) is 11.5 Å². The van der Waals surface area contributed by atoms with Gasteiger partial charge in [0.1, 0.15) is 5.60 Å². The maximum Gasteiger partial charge on any atom is 0.109 e. The Hall–Kier alpha value is -1.63. The molecule has 0 spiro atoms. The number of anilines is 2. The molecule has 0 atom stereocenters. The van der Waals surface area contributed by atoms with Crippen LogP contribution in [0.3, 0.4) is 0 Å². The van der Waals surface area contributed by atoms with E-state index in [1.54, 1.807) is 6.07 Å². The first-order valence-corrected chi connectivity index (χ1v) is 8.85. The van der Waals surface area contributed by atoms with Crippen LogP contribution in [0.25, 0.3) is 10.6 Å². The van der Waals surface area contributed by atoms with E-state index in [1.165, 1.54) is 11.3 Å². The standard InChI is InChI=1S/C17H21N3O2S/c18-11-3-4-12(20-14(11)17(22)7-2-8-17)13-9-10(15(19)23-13)16(21)5-1-6-16/h3-4,9,21-22H,1-2,5-8,18-19H2. The Morgan fingerprint density at radius 2 is 1.65 bits per heavy atom. The largest absolute Gasteiger partial charge is 0.397 e. The van der Waals surface area contributed by atoms with Crippen molar-refractivity contribution in [3.05, 3.63) is 29.5 Å². The first-order valence-electron chi connectivity index (χ1n) is 8.03. The molecule has 0 aliphatic heterocycles. The van der Waals surface area contributed by atoms with Gasteiger partial charge in [0, 0.05) is 5.56 Å². The minimum Gasteiger partial charge on any atom is -0.397 e. The summed E-state index contributed by atoms with van der Waals surface area (Å²) in [6, 6.07) is 5.58. The zero-order chi connectivity index (χ0) is 16.2.